The summed E-state index contributed by atoms with van der Waals surface area (Å²) in [6, 6.07) is 3.71. The number of piperidine rings is 1. The summed E-state index contributed by atoms with van der Waals surface area (Å²) < 4.78 is 7.71. The monoisotopic (exact) mass is 306 g/mol. The Bertz CT molecular complexity index is 504. The van der Waals surface area contributed by atoms with Crippen LogP contribution < -0.4 is 0 Å². The van der Waals surface area contributed by atoms with Crippen molar-refractivity contribution in [3.8, 4) is 0 Å². The maximum atomic E-state index is 12.6. The fourth-order valence-corrected chi connectivity index (χ4v) is 3.96. The highest BCUT2D eigenvalue weighted by Gasteiger charge is 2.56. The van der Waals surface area contributed by atoms with Gasteiger partial charge in [0.25, 0.3) is 0 Å². The smallest absolute Gasteiger partial charge is 0.245 e. The summed E-state index contributed by atoms with van der Waals surface area (Å²) >= 11 is 0. The molecule has 5 heteroatoms. The number of amides is 1. The van der Waals surface area contributed by atoms with Gasteiger partial charge >= 0.3 is 0 Å². The molecule has 1 saturated carbocycles. The Balaban J connectivity index is 1.61. The summed E-state index contributed by atoms with van der Waals surface area (Å²) in [6.45, 7) is 6.05. The summed E-state index contributed by atoms with van der Waals surface area (Å²) in [5, 5.41) is 10.2. The van der Waals surface area contributed by atoms with Crippen molar-refractivity contribution >= 4 is 5.91 Å². The predicted molar refractivity (Wildman–Crippen MR) is 83.4 cm³/mol. The van der Waals surface area contributed by atoms with Gasteiger partial charge in [-0.05, 0) is 38.8 Å². The molecule has 0 aromatic carbocycles. The second-order valence-corrected chi connectivity index (χ2v) is 6.56. The maximum Gasteiger partial charge on any atom is 0.245 e. The van der Waals surface area contributed by atoms with Crippen LogP contribution in [-0.4, -0.2) is 52.4 Å². The van der Waals surface area contributed by atoms with E-state index >= 15 is 0 Å². The Labute approximate surface area is 131 Å². The van der Waals surface area contributed by atoms with E-state index in [1.54, 1.807) is 0 Å². The Hall–Kier alpha value is -1.33. The van der Waals surface area contributed by atoms with E-state index in [9.17, 15) is 9.90 Å². The van der Waals surface area contributed by atoms with Crippen molar-refractivity contribution < 1.29 is 14.6 Å². The standard InChI is InChI=1S/C17H26N2O3/c1-3-22-15-12-14(20)17(15)6-10-19(11-7-17)16(21)13(2)18-8-4-5-9-18/h4-5,8-9,13-15,20H,3,6-7,10-12H2,1-2H3. The van der Waals surface area contributed by atoms with Crippen LogP contribution in [0.15, 0.2) is 24.5 Å². The Kier molecular flexibility index (Phi) is 4.28. The molecule has 3 unspecified atom stereocenters. The number of aliphatic hydroxyl groups excluding tert-OH is 1. The third-order valence-electron chi connectivity index (χ3n) is 5.55. The van der Waals surface area contributed by atoms with E-state index in [0.29, 0.717) is 19.7 Å². The van der Waals surface area contributed by atoms with Gasteiger partial charge in [0.2, 0.25) is 5.91 Å². The molecule has 2 fully saturated rings. The quantitative estimate of drug-likeness (QED) is 0.923. The van der Waals surface area contributed by atoms with Crippen LogP contribution in [0.1, 0.15) is 39.2 Å². The summed E-state index contributed by atoms with van der Waals surface area (Å²) in [7, 11) is 0. The Morgan fingerprint density at radius 3 is 2.55 bits per heavy atom. The predicted octanol–water partition coefficient (Wildman–Crippen LogP) is 1.83. The third-order valence-corrected chi connectivity index (χ3v) is 5.55. The largest absolute Gasteiger partial charge is 0.392 e. The van der Waals surface area contributed by atoms with E-state index in [-0.39, 0.29) is 29.6 Å². The molecule has 1 amide bonds. The number of nitrogens with zero attached hydrogens (tertiary/aromatic N) is 2. The highest BCUT2D eigenvalue weighted by molar-refractivity contribution is 5.80. The number of rotatable bonds is 4. The number of likely N-dealkylation sites (tertiary alicyclic amines) is 1. The number of ether oxygens (including phenoxy) is 1. The van der Waals surface area contributed by atoms with Gasteiger partial charge in [-0.3, -0.25) is 4.79 Å². The van der Waals surface area contributed by atoms with Gasteiger partial charge in [-0.15, -0.1) is 0 Å². The van der Waals surface area contributed by atoms with Crippen LogP contribution in [0, 0.1) is 5.41 Å². The Morgan fingerprint density at radius 1 is 1.36 bits per heavy atom. The van der Waals surface area contributed by atoms with Gasteiger partial charge in [0.15, 0.2) is 0 Å². The van der Waals surface area contributed by atoms with Crippen LogP contribution >= 0.6 is 0 Å². The molecule has 1 aromatic heterocycles. The third kappa shape index (κ3) is 2.46. The molecule has 1 spiro atoms. The summed E-state index contributed by atoms with van der Waals surface area (Å²) in [5.74, 6) is 0.160. The fourth-order valence-electron chi connectivity index (χ4n) is 3.96. The minimum Gasteiger partial charge on any atom is -0.392 e. The summed E-state index contributed by atoms with van der Waals surface area (Å²) in [4.78, 5) is 14.5. The van der Waals surface area contributed by atoms with E-state index in [1.165, 1.54) is 0 Å². The molecule has 1 aliphatic carbocycles. The molecule has 1 saturated heterocycles. The van der Waals surface area contributed by atoms with Gasteiger partial charge < -0.3 is 19.3 Å². The molecule has 0 radical (unpaired) electrons. The topological polar surface area (TPSA) is 54.7 Å². The molecule has 2 aliphatic rings. The SMILES string of the molecule is CCOC1CC(O)C12CCN(C(=O)C(C)n1cccc1)CC2. The first-order valence-corrected chi connectivity index (χ1v) is 8.29. The highest BCUT2D eigenvalue weighted by Crippen LogP contribution is 2.51. The lowest BCUT2D eigenvalue weighted by Crippen LogP contribution is -2.63. The van der Waals surface area contributed by atoms with Crippen LogP contribution in [0.5, 0.6) is 0 Å². The zero-order chi connectivity index (χ0) is 15.7. The normalized spacial score (nSPS) is 28.4. The minimum atomic E-state index is -0.275. The molecule has 122 valence electrons. The minimum absolute atomic E-state index is 0.122. The number of hydrogen-bond acceptors (Lipinski definition) is 3. The van der Waals surface area contributed by atoms with Crippen molar-refractivity contribution in [2.45, 2.75) is 51.4 Å². The van der Waals surface area contributed by atoms with E-state index in [4.69, 9.17) is 4.74 Å². The molecule has 0 bridgehead atoms. The molecule has 1 aliphatic heterocycles. The number of carbonyl (C=O) groups is 1. The summed E-state index contributed by atoms with van der Waals surface area (Å²) in [5.41, 5.74) is -0.122. The van der Waals surface area contributed by atoms with Crippen molar-refractivity contribution in [3.05, 3.63) is 24.5 Å². The van der Waals surface area contributed by atoms with Gasteiger partial charge in [0.1, 0.15) is 6.04 Å². The van der Waals surface area contributed by atoms with Gasteiger partial charge in [-0.2, -0.15) is 0 Å². The number of carbonyl (C=O) groups excluding carboxylic acids is 1. The first-order chi connectivity index (χ1) is 10.6. The van der Waals surface area contributed by atoms with Gasteiger partial charge in [0, 0.05) is 43.9 Å². The molecular formula is C17H26N2O3. The molecule has 5 nitrogen and oxygen atoms in total. The number of aromatic nitrogens is 1. The lowest BCUT2D eigenvalue weighted by Gasteiger charge is -2.56. The molecule has 22 heavy (non-hydrogen) atoms. The van der Waals surface area contributed by atoms with Crippen molar-refractivity contribution in [1.82, 2.24) is 9.47 Å². The maximum absolute atomic E-state index is 12.6. The fraction of sp³-hybridized carbons (Fsp3) is 0.706. The average molecular weight is 306 g/mol. The van der Waals surface area contributed by atoms with Crippen molar-refractivity contribution in [2.24, 2.45) is 5.41 Å². The van der Waals surface area contributed by atoms with E-state index in [0.717, 1.165) is 19.3 Å². The first kappa shape index (κ1) is 15.6. The van der Waals surface area contributed by atoms with Crippen molar-refractivity contribution in [1.29, 1.82) is 0 Å². The average Bonchev–Trinajstić information content (AvgIpc) is 3.08. The first-order valence-electron chi connectivity index (χ1n) is 8.29. The van der Waals surface area contributed by atoms with Crippen LogP contribution in [0.25, 0.3) is 0 Å². The number of hydrogen-bond donors (Lipinski definition) is 1. The lowest BCUT2D eigenvalue weighted by molar-refractivity contribution is -0.210. The van der Waals surface area contributed by atoms with Gasteiger partial charge in [-0.1, -0.05) is 0 Å². The highest BCUT2D eigenvalue weighted by atomic mass is 16.5. The van der Waals surface area contributed by atoms with Crippen LogP contribution in [-0.2, 0) is 9.53 Å². The summed E-state index contributed by atoms with van der Waals surface area (Å²) in [6.07, 6.45) is 6.15. The van der Waals surface area contributed by atoms with E-state index in [2.05, 4.69) is 0 Å². The Morgan fingerprint density at radius 2 is 2.00 bits per heavy atom. The van der Waals surface area contributed by atoms with Gasteiger partial charge in [0.05, 0.1) is 12.2 Å². The van der Waals surface area contributed by atoms with E-state index < -0.39 is 0 Å². The van der Waals surface area contributed by atoms with Crippen LogP contribution in [0.3, 0.4) is 0 Å². The second-order valence-electron chi connectivity index (χ2n) is 6.56. The second kappa shape index (κ2) is 6.05. The molecular weight excluding hydrogens is 280 g/mol. The van der Waals surface area contributed by atoms with Crippen molar-refractivity contribution in [3.63, 3.8) is 0 Å². The zero-order valence-corrected chi connectivity index (χ0v) is 13.4. The lowest BCUT2D eigenvalue weighted by atomic mass is 9.58. The molecule has 3 atom stereocenters. The molecule has 3 rings (SSSR count). The molecule has 2 heterocycles. The molecule has 1 N–H and O–H groups in total. The zero-order valence-electron chi connectivity index (χ0n) is 13.4. The van der Waals surface area contributed by atoms with E-state index in [1.807, 2.05) is 47.8 Å². The van der Waals surface area contributed by atoms with Crippen LogP contribution in [0.2, 0.25) is 0 Å². The number of aliphatic hydroxyl groups is 1. The van der Waals surface area contributed by atoms with Gasteiger partial charge in [-0.25, -0.2) is 0 Å². The van der Waals surface area contributed by atoms with Crippen LogP contribution in [0.4, 0.5) is 0 Å². The molecule has 1 aromatic rings. The van der Waals surface area contributed by atoms with Crippen molar-refractivity contribution in [2.75, 3.05) is 19.7 Å².